The zero-order valence-electron chi connectivity index (χ0n) is 19.5. The first-order chi connectivity index (χ1) is 16.7. The smallest absolute Gasteiger partial charge is 0.341 e. The van der Waals surface area contributed by atoms with Crippen molar-refractivity contribution >= 4 is 33.6 Å². The summed E-state index contributed by atoms with van der Waals surface area (Å²) in [4.78, 5) is 26.9. The third-order valence-electron chi connectivity index (χ3n) is 6.58. The van der Waals surface area contributed by atoms with E-state index in [0.29, 0.717) is 29.4 Å². The van der Waals surface area contributed by atoms with Crippen molar-refractivity contribution in [1.29, 1.82) is 0 Å². The zero-order chi connectivity index (χ0) is 23.5. The van der Waals surface area contributed by atoms with Crippen LogP contribution in [0.4, 0.5) is 5.69 Å². The summed E-state index contributed by atoms with van der Waals surface area (Å²) < 4.78 is 5.34. The summed E-state index contributed by atoms with van der Waals surface area (Å²) in [6, 6.07) is 14.8. The van der Waals surface area contributed by atoms with E-state index in [-0.39, 0.29) is 12.0 Å². The maximum absolute atomic E-state index is 12.8. The number of nitrogens with zero attached hydrogens (tertiary/aromatic N) is 3. The molecular weight excluding hydrogens is 426 g/mol. The predicted octanol–water partition coefficient (Wildman–Crippen LogP) is 4.96. The summed E-state index contributed by atoms with van der Waals surface area (Å²) in [5.41, 5.74) is 5.18. The van der Waals surface area contributed by atoms with Crippen molar-refractivity contribution in [3.8, 4) is 11.3 Å². The van der Waals surface area contributed by atoms with Gasteiger partial charge in [-0.15, -0.1) is 0 Å². The maximum atomic E-state index is 12.8. The van der Waals surface area contributed by atoms with E-state index in [1.165, 1.54) is 0 Å². The summed E-state index contributed by atoms with van der Waals surface area (Å²) >= 11 is 0. The molecule has 3 heterocycles. The molecule has 0 saturated heterocycles. The first kappa shape index (κ1) is 22.2. The number of carbonyl (C=O) groups excluding carboxylic acids is 1. The molecule has 0 unspecified atom stereocenters. The number of para-hydroxylation sites is 1. The van der Waals surface area contributed by atoms with Crippen LogP contribution in [0.15, 0.2) is 54.9 Å². The van der Waals surface area contributed by atoms with Gasteiger partial charge < -0.3 is 15.4 Å². The molecule has 0 spiro atoms. The Balaban J connectivity index is 1.58. The van der Waals surface area contributed by atoms with Gasteiger partial charge in [-0.25, -0.2) is 9.78 Å². The highest BCUT2D eigenvalue weighted by Gasteiger charge is 2.24. The van der Waals surface area contributed by atoms with Crippen LogP contribution in [0.5, 0.6) is 0 Å². The first-order valence-corrected chi connectivity index (χ1v) is 11.9. The molecule has 1 aromatic carbocycles. The quantitative estimate of drug-likeness (QED) is 0.397. The lowest BCUT2D eigenvalue weighted by Gasteiger charge is -2.30. The normalized spacial score (nSPS) is 18.2. The molecule has 3 aromatic heterocycles. The second kappa shape index (κ2) is 9.73. The van der Waals surface area contributed by atoms with Crippen molar-refractivity contribution in [3.05, 3.63) is 60.4 Å². The summed E-state index contributed by atoms with van der Waals surface area (Å²) in [6.45, 7) is 2.11. The van der Waals surface area contributed by atoms with Crippen molar-refractivity contribution in [2.45, 2.75) is 44.7 Å². The Labute approximate surface area is 199 Å². The summed E-state index contributed by atoms with van der Waals surface area (Å²) in [6.07, 6.45) is 7.66. The van der Waals surface area contributed by atoms with Crippen LogP contribution < -0.4 is 10.6 Å². The van der Waals surface area contributed by atoms with E-state index in [0.717, 1.165) is 53.4 Å². The fraction of sp³-hybridized carbons (Fsp3) is 0.333. The SMILES string of the molecule is CCOC(=O)c1cnc2ccc(-c3cnc4ccccc4c3)nc2c1N[C@H]1CC[C@H](NC)CC1. The van der Waals surface area contributed by atoms with Gasteiger partial charge in [-0.1, -0.05) is 18.2 Å². The Morgan fingerprint density at radius 2 is 1.76 bits per heavy atom. The van der Waals surface area contributed by atoms with Crippen molar-refractivity contribution in [1.82, 2.24) is 20.3 Å². The molecule has 0 aliphatic heterocycles. The molecule has 0 bridgehead atoms. The molecule has 174 valence electrons. The number of anilines is 1. The van der Waals surface area contributed by atoms with Gasteiger partial charge in [0.15, 0.2) is 0 Å². The molecule has 1 saturated carbocycles. The van der Waals surface area contributed by atoms with Crippen LogP contribution in [0, 0.1) is 0 Å². The summed E-state index contributed by atoms with van der Waals surface area (Å²) in [7, 11) is 2.01. The van der Waals surface area contributed by atoms with Crippen molar-refractivity contribution in [2.24, 2.45) is 0 Å². The average molecular weight is 456 g/mol. The van der Waals surface area contributed by atoms with Crippen molar-refractivity contribution in [2.75, 3.05) is 19.0 Å². The molecule has 4 aromatic rings. The van der Waals surface area contributed by atoms with Gasteiger partial charge in [0.1, 0.15) is 11.1 Å². The molecule has 1 fully saturated rings. The van der Waals surface area contributed by atoms with Crippen LogP contribution in [0.1, 0.15) is 43.0 Å². The minimum atomic E-state index is -0.386. The number of benzene rings is 1. The molecule has 0 radical (unpaired) electrons. The van der Waals surface area contributed by atoms with E-state index in [9.17, 15) is 4.79 Å². The van der Waals surface area contributed by atoms with Gasteiger partial charge in [-0.05, 0) is 63.9 Å². The summed E-state index contributed by atoms with van der Waals surface area (Å²) in [5, 5.41) is 8.07. The minimum absolute atomic E-state index is 0.260. The van der Waals surface area contributed by atoms with Gasteiger partial charge in [0.05, 0.1) is 29.0 Å². The average Bonchev–Trinajstić information content (AvgIpc) is 2.89. The molecule has 1 aliphatic rings. The van der Waals surface area contributed by atoms with Gasteiger partial charge in [0, 0.05) is 35.4 Å². The number of rotatable bonds is 6. The van der Waals surface area contributed by atoms with Crippen LogP contribution in [0.25, 0.3) is 33.2 Å². The number of hydrogen-bond acceptors (Lipinski definition) is 7. The van der Waals surface area contributed by atoms with E-state index in [1.807, 2.05) is 56.6 Å². The number of carbonyl (C=O) groups is 1. The highest BCUT2D eigenvalue weighted by atomic mass is 16.5. The molecule has 5 rings (SSSR count). The number of aromatic nitrogens is 3. The Kier molecular flexibility index (Phi) is 6.36. The lowest BCUT2D eigenvalue weighted by atomic mass is 9.91. The fourth-order valence-electron chi connectivity index (χ4n) is 4.68. The van der Waals surface area contributed by atoms with Crippen LogP contribution in [0.3, 0.4) is 0 Å². The standard InChI is InChI=1S/C27H29N5O2/c1-3-34-27(33)21-16-30-24-13-12-23(18-14-17-6-4-5-7-22(17)29-15-18)32-26(24)25(21)31-20-10-8-19(28-2)9-11-20/h4-7,12-16,19-20,28H,3,8-11H2,1-2H3,(H,30,31)/t19-,20-. The highest BCUT2D eigenvalue weighted by Crippen LogP contribution is 2.31. The second-order valence-corrected chi connectivity index (χ2v) is 8.73. The Morgan fingerprint density at radius 3 is 2.56 bits per heavy atom. The molecule has 7 heteroatoms. The lowest BCUT2D eigenvalue weighted by Crippen LogP contribution is -2.35. The molecule has 0 atom stereocenters. The van der Waals surface area contributed by atoms with E-state index in [2.05, 4.69) is 26.7 Å². The molecule has 2 N–H and O–H groups in total. The van der Waals surface area contributed by atoms with E-state index in [1.54, 1.807) is 6.20 Å². The number of esters is 1. The number of fused-ring (bicyclic) bond motifs is 2. The van der Waals surface area contributed by atoms with Gasteiger partial charge in [0.25, 0.3) is 0 Å². The topological polar surface area (TPSA) is 89.0 Å². The van der Waals surface area contributed by atoms with Gasteiger partial charge in [-0.3, -0.25) is 9.97 Å². The van der Waals surface area contributed by atoms with E-state index in [4.69, 9.17) is 9.72 Å². The monoisotopic (exact) mass is 455 g/mol. The maximum Gasteiger partial charge on any atom is 0.341 e. The van der Waals surface area contributed by atoms with Crippen LogP contribution in [0.2, 0.25) is 0 Å². The second-order valence-electron chi connectivity index (χ2n) is 8.73. The predicted molar refractivity (Wildman–Crippen MR) is 135 cm³/mol. The third-order valence-corrected chi connectivity index (χ3v) is 6.58. The van der Waals surface area contributed by atoms with Crippen molar-refractivity contribution < 1.29 is 9.53 Å². The van der Waals surface area contributed by atoms with Gasteiger partial charge >= 0.3 is 5.97 Å². The van der Waals surface area contributed by atoms with Crippen molar-refractivity contribution in [3.63, 3.8) is 0 Å². The van der Waals surface area contributed by atoms with E-state index < -0.39 is 0 Å². The van der Waals surface area contributed by atoms with Gasteiger partial charge in [0.2, 0.25) is 0 Å². The zero-order valence-corrected chi connectivity index (χ0v) is 19.5. The van der Waals surface area contributed by atoms with Gasteiger partial charge in [-0.2, -0.15) is 0 Å². The number of pyridine rings is 3. The minimum Gasteiger partial charge on any atom is -0.462 e. The Hall–Kier alpha value is -3.58. The van der Waals surface area contributed by atoms with Crippen LogP contribution in [-0.2, 0) is 4.74 Å². The third kappa shape index (κ3) is 4.43. The largest absolute Gasteiger partial charge is 0.462 e. The number of nitrogens with one attached hydrogen (secondary N) is 2. The molecule has 7 nitrogen and oxygen atoms in total. The number of hydrogen-bond donors (Lipinski definition) is 2. The molecule has 0 amide bonds. The first-order valence-electron chi connectivity index (χ1n) is 11.9. The van der Waals surface area contributed by atoms with Crippen LogP contribution in [-0.4, -0.2) is 46.7 Å². The molecule has 1 aliphatic carbocycles. The Morgan fingerprint density at radius 1 is 1.00 bits per heavy atom. The molecular formula is C27H29N5O2. The van der Waals surface area contributed by atoms with Crippen LogP contribution >= 0.6 is 0 Å². The fourth-order valence-corrected chi connectivity index (χ4v) is 4.68. The highest BCUT2D eigenvalue weighted by molar-refractivity contribution is 6.04. The lowest BCUT2D eigenvalue weighted by molar-refractivity contribution is 0.0527. The molecule has 34 heavy (non-hydrogen) atoms. The summed E-state index contributed by atoms with van der Waals surface area (Å²) in [5.74, 6) is -0.386. The Bertz CT molecular complexity index is 1330. The number of ether oxygens (including phenoxy) is 1. The van der Waals surface area contributed by atoms with E-state index >= 15 is 0 Å².